The summed E-state index contributed by atoms with van der Waals surface area (Å²) in [5, 5.41) is 5.97. The van der Waals surface area contributed by atoms with Crippen LogP contribution in [0.3, 0.4) is 0 Å². The number of carbonyl (C=O) groups excluding carboxylic acids is 2. The van der Waals surface area contributed by atoms with Crippen molar-refractivity contribution in [3.8, 4) is 11.4 Å². The summed E-state index contributed by atoms with van der Waals surface area (Å²) < 4.78 is 2.35. The number of nitrogens with zero attached hydrogens (tertiary/aromatic N) is 3. The third kappa shape index (κ3) is 7.34. The standard InChI is InChI=1S/C36H45N5O2/c1-24-14-15-25(2)30(21-24)35-37-33-23-29(16-17-34(33)41(35)20-10-19-40-18-9-8-12-27(40)4)32(22-28(5)42)39-36(43)38-31-13-7-6-11-26(31)3/h6-7,11,13-17,21,23,27,32H,8-10,12,18-20,22H2,1-5H3,(H2,38,39,43). The van der Waals surface area contributed by atoms with E-state index in [4.69, 9.17) is 4.98 Å². The number of carbonyl (C=O) groups is 2. The van der Waals surface area contributed by atoms with E-state index in [1.165, 1.54) is 36.9 Å². The van der Waals surface area contributed by atoms with Gasteiger partial charge in [0.15, 0.2) is 0 Å². The summed E-state index contributed by atoms with van der Waals surface area (Å²) in [5.74, 6) is 0.975. The van der Waals surface area contributed by atoms with E-state index in [9.17, 15) is 9.59 Å². The van der Waals surface area contributed by atoms with Crippen LogP contribution < -0.4 is 10.6 Å². The van der Waals surface area contributed by atoms with Gasteiger partial charge in [0, 0.05) is 36.8 Å². The predicted octanol–water partition coefficient (Wildman–Crippen LogP) is 7.73. The van der Waals surface area contributed by atoms with Crippen LogP contribution in [0.4, 0.5) is 10.5 Å². The molecule has 4 aromatic rings. The lowest BCUT2D eigenvalue weighted by molar-refractivity contribution is -0.117. The molecule has 7 nitrogen and oxygen atoms in total. The number of imidazole rings is 1. The summed E-state index contributed by atoms with van der Waals surface area (Å²) in [4.78, 5) is 33.1. The second kappa shape index (κ2) is 13.6. The Morgan fingerprint density at radius 1 is 0.977 bits per heavy atom. The number of ketones is 1. The molecule has 43 heavy (non-hydrogen) atoms. The number of likely N-dealkylation sites (tertiary alicyclic amines) is 1. The number of hydrogen-bond acceptors (Lipinski definition) is 4. The quantitative estimate of drug-likeness (QED) is 0.201. The average molecular weight is 580 g/mol. The van der Waals surface area contributed by atoms with Gasteiger partial charge in [-0.3, -0.25) is 4.79 Å². The molecule has 0 aliphatic carbocycles. The average Bonchev–Trinajstić information content (AvgIpc) is 3.33. The molecule has 1 fully saturated rings. The van der Waals surface area contributed by atoms with E-state index in [-0.39, 0.29) is 18.2 Å². The minimum atomic E-state index is -0.471. The van der Waals surface area contributed by atoms with Gasteiger partial charge in [0.1, 0.15) is 11.6 Å². The Balaban J connectivity index is 1.46. The number of fused-ring (bicyclic) bond motifs is 1. The maximum absolute atomic E-state index is 13.0. The highest BCUT2D eigenvalue weighted by Gasteiger charge is 2.22. The minimum absolute atomic E-state index is 0.00911. The molecule has 3 aromatic carbocycles. The number of Topliss-reactive ketones (excluding diaryl/α,β-unsaturated/α-hetero) is 1. The van der Waals surface area contributed by atoms with E-state index < -0.39 is 6.04 Å². The van der Waals surface area contributed by atoms with Crippen LogP contribution in [0, 0.1) is 20.8 Å². The van der Waals surface area contributed by atoms with Gasteiger partial charge in [-0.1, -0.05) is 48.4 Å². The number of piperidine rings is 1. The van der Waals surface area contributed by atoms with E-state index in [1.807, 2.05) is 43.3 Å². The number of hydrogen-bond donors (Lipinski definition) is 2. The number of aryl methyl sites for hydroxylation is 4. The van der Waals surface area contributed by atoms with Gasteiger partial charge in [-0.25, -0.2) is 9.78 Å². The third-order valence-electron chi connectivity index (χ3n) is 8.77. The summed E-state index contributed by atoms with van der Waals surface area (Å²) in [6, 6.07) is 20.2. The molecule has 0 saturated carbocycles. The Hall–Kier alpha value is -3.97. The van der Waals surface area contributed by atoms with Gasteiger partial charge in [0.25, 0.3) is 0 Å². The molecule has 2 heterocycles. The number of aromatic nitrogens is 2. The molecule has 1 saturated heterocycles. The molecule has 226 valence electrons. The van der Waals surface area contributed by atoms with Crippen molar-refractivity contribution in [1.82, 2.24) is 19.8 Å². The van der Waals surface area contributed by atoms with Crippen LogP contribution in [0.2, 0.25) is 0 Å². The Bertz CT molecular complexity index is 1610. The van der Waals surface area contributed by atoms with Gasteiger partial charge < -0.3 is 20.1 Å². The van der Waals surface area contributed by atoms with Crippen molar-refractivity contribution in [2.45, 2.75) is 85.4 Å². The van der Waals surface area contributed by atoms with Crippen molar-refractivity contribution in [2.24, 2.45) is 0 Å². The van der Waals surface area contributed by atoms with Gasteiger partial charge in [-0.05, 0) is 101 Å². The van der Waals surface area contributed by atoms with Crippen LogP contribution in [-0.2, 0) is 11.3 Å². The fraction of sp³-hybridized carbons (Fsp3) is 0.417. The summed E-state index contributed by atoms with van der Waals surface area (Å²) in [5.41, 5.74) is 8.05. The first-order valence-electron chi connectivity index (χ1n) is 15.6. The molecule has 1 aromatic heterocycles. The van der Waals surface area contributed by atoms with Crippen LogP contribution in [0.25, 0.3) is 22.4 Å². The fourth-order valence-electron chi connectivity index (χ4n) is 6.26. The van der Waals surface area contributed by atoms with Gasteiger partial charge in [-0.15, -0.1) is 0 Å². The van der Waals surface area contributed by atoms with Gasteiger partial charge in [0.05, 0.1) is 17.1 Å². The first-order chi connectivity index (χ1) is 20.7. The summed E-state index contributed by atoms with van der Waals surface area (Å²) in [7, 11) is 0. The molecule has 7 heteroatoms. The number of benzene rings is 3. The molecular weight excluding hydrogens is 534 g/mol. The maximum Gasteiger partial charge on any atom is 0.319 e. The smallest absolute Gasteiger partial charge is 0.319 e. The zero-order chi connectivity index (χ0) is 30.5. The topological polar surface area (TPSA) is 79.3 Å². The Kier molecular flexibility index (Phi) is 9.61. The summed E-state index contributed by atoms with van der Waals surface area (Å²) >= 11 is 0. The largest absolute Gasteiger partial charge is 0.331 e. The molecule has 2 unspecified atom stereocenters. The summed E-state index contributed by atoms with van der Waals surface area (Å²) in [6.07, 6.45) is 5.14. The number of anilines is 1. The van der Waals surface area contributed by atoms with E-state index >= 15 is 0 Å². The van der Waals surface area contributed by atoms with Crippen LogP contribution in [-0.4, -0.2) is 45.4 Å². The molecule has 2 atom stereocenters. The highest BCUT2D eigenvalue weighted by atomic mass is 16.2. The lowest BCUT2D eigenvalue weighted by Crippen LogP contribution is -2.38. The Morgan fingerprint density at radius 3 is 2.56 bits per heavy atom. The van der Waals surface area contributed by atoms with E-state index in [0.29, 0.717) is 6.04 Å². The third-order valence-corrected chi connectivity index (χ3v) is 8.77. The maximum atomic E-state index is 13.0. The van der Waals surface area contributed by atoms with Crippen molar-refractivity contribution < 1.29 is 9.59 Å². The molecule has 2 N–H and O–H groups in total. The predicted molar refractivity (Wildman–Crippen MR) is 176 cm³/mol. The monoisotopic (exact) mass is 579 g/mol. The van der Waals surface area contributed by atoms with Crippen molar-refractivity contribution >= 4 is 28.5 Å². The van der Waals surface area contributed by atoms with E-state index in [1.54, 1.807) is 6.92 Å². The molecular formula is C36H45N5O2. The molecule has 2 amide bonds. The normalized spacial score (nSPS) is 16.3. The van der Waals surface area contributed by atoms with E-state index in [2.05, 4.69) is 65.1 Å². The van der Waals surface area contributed by atoms with Crippen molar-refractivity contribution in [1.29, 1.82) is 0 Å². The molecule has 0 spiro atoms. The highest BCUT2D eigenvalue weighted by Crippen LogP contribution is 2.31. The lowest BCUT2D eigenvalue weighted by Gasteiger charge is -2.33. The summed E-state index contributed by atoms with van der Waals surface area (Å²) in [6.45, 7) is 13.2. The molecule has 1 aliphatic rings. The first-order valence-corrected chi connectivity index (χ1v) is 15.6. The lowest BCUT2D eigenvalue weighted by atomic mass is 10.0. The number of amides is 2. The van der Waals surface area contributed by atoms with Crippen LogP contribution in [0.15, 0.2) is 60.7 Å². The Morgan fingerprint density at radius 2 is 1.79 bits per heavy atom. The van der Waals surface area contributed by atoms with Crippen LogP contribution in [0.5, 0.6) is 0 Å². The second-order valence-electron chi connectivity index (χ2n) is 12.3. The molecule has 1 aliphatic heterocycles. The second-order valence-corrected chi connectivity index (χ2v) is 12.3. The highest BCUT2D eigenvalue weighted by molar-refractivity contribution is 5.91. The van der Waals surface area contributed by atoms with E-state index in [0.717, 1.165) is 58.7 Å². The number of rotatable bonds is 10. The Labute approximate surface area is 255 Å². The van der Waals surface area contributed by atoms with Crippen LogP contribution >= 0.6 is 0 Å². The van der Waals surface area contributed by atoms with Crippen LogP contribution in [0.1, 0.15) is 74.2 Å². The number of para-hydroxylation sites is 1. The fourth-order valence-corrected chi connectivity index (χ4v) is 6.26. The molecule has 5 rings (SSSR count). The minimum Gasteiger partial charge on any atom is -0.331 e. The van der Waals surface area contributed by atoms with Crippen molar-refractivity contribution in [3.05, 3.63) is 82.9 Å². The zero-order valence-corrected chi connectivity index (χ0v) is 26.2. The molecule has 0 radical (unpaired) electrons. The number of nitrogens with one attached hydrogen (secondary N) is 2. The van der Waals surface area contributed by atoms with Crippen molar-refractivity contribution in [3.63, 3.8) is 0 Å². The van der Waals surface area contributed by atoms with Gasteiger partial charge >= 0.3 is 6.03 Å². The SMILES string of the molecule is CC(=O)CC(NC(=O)Nc1ccccc1C)c1ccc2c(c1)nc(-c1cc(C)ccc1C)n2CCCN1CCCCC1C. The van der Waals surface area contributed by atoms with Gasteiger partial charge in [0.2, 0.25) is 0 Å². The van der Waals surface area contributed by atoms with Gasteiger partial charge in [-0.2, -0.15) is 0 Å². The first kappa shape index (κ1) is 30.5. The molecule has 0 bridgehead atoms. The zero-order valence-electron chi connectivity index (χ0n) is 26.2. The van der Waals surface area contributed by atoms with Crippen molar-refractivity contribution in [2.75, 3.05) is 18.4 Å². The number of urea groups is 1.